The van der Waals surface area contributed by atoms with Gasteiger partial charge in [-0.1, -0.05) is 39.7 Å². The number of hydrogen-bond donors (Lipinski definition) is 1. The van der Waals surface area contributed by atoms with E-state index in [9.17, 15) is 0 Å². The van der Waals surface area contributed by atoms with Gasteiger partial charge in [0.05, 0.1) is 5.69 Å². The van der Waals surface area contributed by atoms with E-state index in [0.29, 0.717) is 0 Å². The van der Waals surface area contributed by atoms with Crippen molar-refractivity contribution >= 4 is 49.1 Å². The van der Waals surface area contributed by atoms with Gasteiger partial charge in [-0.3, -0.25) is 0 Å². The molecule has 0 aliphatic heterocycles. The molecule has 1 nitrogen and oxygen atoms in total. The average molecular weight is 390 g/mol. The molecule has 0 saturated heterocycles. The largest absolute Gasteiger partial charge is 0.380 e. The minimum absolute atomic E-state index is 0.726. The van der Waals surface area contributed by atoms with E-state index in [1.54, 1.807) is 0 Å². The van der Waals surface area contributed by atoms with Crippen molar-refractivity contribution in [3.63, 3.8) is 0 Å². The summed E-state index contributed by atoms with van der Waals surface area (Å²) in [4.78, 5) is 0. The van der Waals surface area contributed by atoms with Crippen LogP contribution in [-0.2, 0) is 6.54 Å². The van der Waals surface area contributed by atoms with Crippen molar-refractivity contribution in [1.29, 1.82) is 0 Å². The van der Waals surface area contributed by atoms with Crippen molar-refractivity contribution < 1.29 is 0 Å². The topological polar surface area (TPSA) is 12.0 Å². The lowest BCUT2D eigenvalue weighted by Gasteiger charge is -2.11. The second kappa shape index (κ2) is 6.09. The molecule has 2 aromatic carbocycles. The van der Waals surface area contributed by atoms with E-state index in [-0.39, 0.29) is 0 Å². The molecule has 2 aromatic rings. The number of nitrogens with one attached hydrogen (secondary N) is 1. The molecular weight excluding hydrogens is 377 g/mol. The number of hydrogen-bond acceptors (Lipinski definition) is 1. The molecule has 0 bridgehead atoms. The van der Waals surface area contributed by atoms with Crippen molar-refractivity contribution in [3.05, 3.63) is 61.5 Å². The molecule has 0 heterocycles. The van der Waals surface area contributed by atoms with E-state index in [4.69, 9.17) is 11.6 Å². The molecular formula is C14H12Br2ClN. The molecule has 0 aliphatic rings. The van der Waals surface area contributed by atoms with Gasteiger partial charge in [-0.2, -0.15) is 0 Å². The van der Waals surface area contributed by atoms with Gasteiger partial charge in [0.2, 0.25) is 0 Å². The van der Waals surface area contributed by atoms with Crippen LogP contribution < -0.4 is 5.32 Å². The quantitative estimate of drug-likeness (QED) is 0.701. The van der Waals surface area contributed by atoms with Crippen molar-refractivity contribution in [2.24, 2.45) is 0 Å². The molecule has 4 heteroatoms. The third kappa shape index (κ3) is 3.50. The number of aryl methyl sites for hydroxylation is 1. The normalized spacial score (nSPS) is 10.4. The van der Waals surface area contributed by atoms with Crippen LogP contribution in [0.3, 0.4) is 0 Å². The third-order valence-electron chi connectivity index (χ3n) is 2.61. The van der Waals surface area contributed by atoms with Gasteiger partial charge in [-0.25, -0.2) is 0 Å². The van der Waals surface area contributed by atoms with E-state index in [0.717, 1.165) is 26.2 Å². The average Bonchev–Trinajstić information content (AvgIpc) is 2.32. The minimum Gasteiger partial charge on any atom is -0.380 e. The second-order valence-electron chi connectivity index (χ2n) is 4.07. The van der Waals surface area contributed by atoms with Gasteiger partial charge >= 0.3 is 0 Å². The lowest BCUT2D eigenvalue weighted by atomic mass is 10.1. The summed E-state index contributed by atoms with van der Waals surface area (Å²) in [5.41, 5.74) is 3.46. The zero-order chi connectivity index (χ0) is 13.1. The highest BCUT2D eigenvalue weighted by atomic mass is 79.9. The molecule has 0 atom stereocenters. The zero-order valence-corrected chi connectivity index (χ0v) is 13.7. The molecule has 0 radical (unpaired) electrons. The van der Waals surface area contributed by atoms with E-state index >= 15 is 0 Å². The third-order valence-corrected chi connectivity index (χ3v) is 4.27. The lowest BCUT2D eigenvalue weighted by molar-refractivity contribution is 1.13. The van der Waals surface area contributed by atoms with Gasteiger partial charge < -0.3 is 5.32 Å². The van der Waals surface area contributed by atoms with Gasteiger partial charge in [0.1, 0.15) is 0 Å². The summed E-state index contributed by atoms with van der Waals surface area (Å²) in [5.74, 6) is 0. The second-order valence-corrected chi connectivity index (χ2v) is 6.22. The maximum absolute atomic E-state index is 5.98. The molecule has 0 aromatic heterocycles. The molecule has 0 fully saturated rings. The van der Waals surface area contributed by atoms with Gasteiger partial charge in [-0.05, 0) is 58.2 Å². The highest BCUT2D eigenvalue weighted by Crippen LogP contribution is 2.27. The zero-order valence-electron chi connectivity index (χ0n) is 9.81. The minimum atomic E-state index is 0.726. The summed E-state index contributed by atoms with van der Waals surface area (Å²) in [6, 6.07) is 12.0. The summed E-state index contributed by atoms with van der Waals surface area (Å²) >= 11 is 13.1. The Labute approximate surface area is 129 Å². The highest BCUT2D eigenvalue weighted by Gasteiger charge is 2.03. The first-order valence-corrected chi connectivity index (χ1v) is 7.46. The molecule has 18 heavy (non-hydrogen) atoms. The fraction of sp³-hybridized carbons (Fsp3) is 0.143. The van der Waals surface area contributed by atoms with Gasteiger partial charge in [0.25, 0.3) is 0 Å². The van der Waals surface area contributed by atoms with Gasteiger partial charge in [0, 0.05) is 20.5 Å². The summed E-state index contributed by atoms with van der Waals surface area (Å²) < 4.78 is 2.13. The molecule has 1 N–H and O–H groups in total. The predicted octanol–water partition coefficient (Wildman–Crippen LogP) is 5.79. The maximum Gasteiger partial charge on any atom is 0.0502 e. The van der Waals surface area contributed by atoms with Gasteiger partial charge in [-0.15, -0.1) is 0 Å². The van der Waals surface area contributed by atoms with Crippen LogP contribution in [0.4, 0.5) is 5.69 Å². The van der Waals surface area contributed by atoms with Crippen molar-refractivity contribution in [2.45, 2.75) is 13.5 Å². The Morgan fingerprint density at radius 1 is 1.06 bits per heavy atom. The summed E-state index contributed by atoms with van der Waals surface area (Å²) in [5, 5.41) is 4.09. The SMILES string of the molecule is Cc1ccc(CNc2cc(Cl)ccc2Br)c(Br)c1. The Morgan fingerprint density at radius 3 is 2.56 bits per heavy atom. The molecule has 2 rings (SSSR count). The van der Waals surface area contributed by atoms with Gasteiger partial charge in [0.15, 0.2) is 0 Å². The monoisotopic (exact) mass is 387 g/mol. The van der Waals surface area contributed by atoms with Crippen LogP contribution in [0.15, 0.2) is 45.3 Å². The van der Waals surface area contributed by atoms with E-state index in [1.165, 1.54) is 11.1 Å². The van der Waals surface area contributed by atoms with Crippen LogP contribution in [0.25, 0.3) is 0 Å². The number of anilines is 1. The van der Waals surface area contributed by atoms with Crippen LogP contribution in [0.2, 0.25) is 5.02 Å². The number of halogens is 3. The smallest absolute Gasteiger partial charge is 0.0502 e. The Bertz CT molecular complexity index is 570. The molecule has 0 aliphatic carbocycles. The standard InChI is InChI=1S/C14H12Br2ClN/c1-9-2-3-10(13(16)6-9)8-18-14-7-11(17)4-5-12(14)15/h2-7,18H,8H2,1H3. The first kappa shape index (κ1) is 13.9. The lowest BCUT2D eigenvalue weighted by Crippen LogP contribution is -2.01. The van der Waals surface area contributed by atoms with Crippen LogP contribution in [0.5, 0.6) is 0 Å². The Balaban J connectivity index is 2.13. The molecule has 0 spiro atoms. The Morgan fingerprint density at radius 2 is 1.83 bits per heavy atom. The number of benzene rings is 2. The van der Waals surface area contributed by atoms with Crippen LogP contribution in [0, 0.1) is 6.92 Å². The molecule has 0 amide bonds. The van der Waals surface area contributed by atoms with Crippen molar-refractivity contribution in [1.82, 2.24) is 0 Å². The van der Waals surface area contributed by atoms with Crippen LogP contribution in [-0.4, -0.2) is 0 Å². The van der Waals surface area contributed by atoms with Crippen molar-refractivity contribution in [2.75, 3.05) is 5.32 Å². The molecule has 0 unspecified atom stereocenters. The Kier molecular flexibility index (Phi) is 4.71. The van der Waals surface area contributed by atoms with Crippen LogP contribution in [0.1, 0.15) is 11.1 Å². The summed E-state index contributed by atoms with van der Waals surface area (Å²) in [6.07, 6.45) is 0. The predicted molar refractivity (Wildman–Crippen MR) is 85.4 cm³/mol. The van der Waals surface area contributed by atoms with Crippen LogP contribution >= 0.6 is 43.5 Å². The fourth-order valence-corrected chi connectivity index (χ4v) is 2.81. The molecule has 94 valence electrons. The van der Waals surface area contributed by atoms with E-state index < -0.39 is 0 Å². The van der Waals surface area contributed by atoms with E-state index in [1.807, 2.05) is 18.2 Å². The maximum atomic E-state index is 5.98. The molecule has 0 saturated carbocycles. The Hall–Kier alpha value is -0.510. The number of rotatable bonds is 3. The first-order chi connectivity index (χ1) is 8.56. The highest BCUT2D eigenvalue weighted by molar-refractivity contribution is 9.11. The summed E-state index contributed by atoms with van der Waals surface area (Å²) in [6.45, 7) is 2.83. The first-order valence-electron chi connectivity index (χ1n) is 5.50. The van der Waals surface area contributed by atoms with Crippen molar-refractivity contribution in [3.8, 4) is 0 Å². The van der Waals surface area contributed by atoms with E-state index in [2.05, 4.69) is 62.3 Å². The summed E-state index contributed by atoms with van der Waals surface area (Å²) in [7, 11) is 0. The fourth-order valence-electron chi connectivity index (χ4n) is 1.62.